The summed E-state index contributed by atoms with van der Waals surface area (Å²) in [5, 5.41) is 6.62. The summed E-state index contributed by atoms with van der Waals surface area (Å²) in [4.78, 5) is 6.85. The predicted molar refractivity (Wildman–Crippen MR) is 97.8 cm³/mol. The standard InChI is InChI=1S/C15H26N4.HI/c1-4-16-15(17-11-12-19(3)5-2)18-13-14-9-7-6-8-10-14;/h6-10H,4-5,11-13H2,1-3H3,(H2,16,17,18);1H. The van der Waals surface area contributed by atoms with E-state index in [2.05, 4.69) is 53.6 Å². The normalized spacial score (nSPS) is 11.1. The van der Waals surface area contributed by atoms with Gasteiger partial charge in [-0.1, -0.05) is 37.3 Å². The Morgan fingerprint density at radius 1 is 1.15 bits per heavy atom. The van der Waals surface area contributed by atoms with Crippen molar-refractivity contribution in [1.29, 1.82) is 0 Å². The topological polar surface area (TPSA) is 39.7 Å². The number of nitrogens with one attached hydrogen (secondary N) is 2. The highest BCUT2D eigenvalue weighted by Gasteiger charge is 1.98. The van der Waals surface area contributed by atoms with Gasteiger partial charge in [-0.05, 0) is 26.1 Å². The van der Waals surface area contributed by atoms with Crippen LogP contribution in [0.4, 0.5) is 0 Å². The molecule has 0 heterocycles. The van der Waals surface area contributed by atoms with Gasteiger partial charge < -0.3 is 15.5 Å². The first kappa shape index (κ1) is 19.2. The molecule has 5 heteroatoms. The van der Waals surface area contributed by atoms with Crippen LogP contribution in [0.2, 0.25) is 0 Å². The van der Waals surface area contributed by atoms with Crippen LogP contribution in [0.15, 0.2) is 35.3 Å². The van der Waals surface area contributed by atoms with Gasteiger partial charge in [0.05, 0.1) is 6.54 Å². The average Bonchev–Trinajstić information content (AvgIpc) is 2.45. The van der Waals surface area contributed by atoms with Gasteiger partial charge >= 0.3 is 0 Å². The van der Waals surface area contributed by atoms with Gasteiger partial charge in [0.2, 0.25) is 0 Å². The van der Waals surface area contributed by atoms with E-state index in [9.17, 15) is 0 Å². The molecule has 114 valence electrons. The van der Waals surface area contributed by atoms with Gasteiger partial charge in [-0.3, -0.25) is 0 Å². The molecule has 0 aliphatic rings. The highest BCUT2D eigenvalue weighted by Crippen LogP contribution is 1.99. The van der Waals surface area contributed by atoms with E-state index in [0.29, 0.717) is 6.54 Å². The van der Waals surface area contributed by atoms with E-state index in [-0.39, 0.29) is 24.0 Å². The smallest absolute Gasteiger partial charge is 0.191 e. The van der Waals surface area contributed by atoms with Gasteiger partial charge in [0.15, 0.2) is 5.96 Å². The molecule has 2 N–H and O–H groups in total. The van der Waals surface area contributed by atoms with Crippen LogP contribution in [0.1, 0.15) is 19.4 Å². The Morgan fingerprint density at radius 3 is 2.45 bits per heavy atom. The molecule has 0 bridgehead atoms. The number of rotatable bonds is 7. The molecule has 0 radical (unpaired) electrons. The molecule has 0 unspecified atom stereocenters. The van der Waals surface area contributed by atoms with E-state index >= 15 is 0 Å². The molecule has 0 fully saturated rings. The lowest BCUT2D eigenvalue weighted by Crippen LogP contribution is -2.40. The molecule has 0 amide bonds. The minimum absolute atomic E-state index is 0. The Labute approximate surface area is 140 Å². The van der Waals surface area contributed by atoms with E-state index in [0.717, 1.165) is 32.1 Å². The summed E-state index contributed by atoms with van der Waals surface area (Å²) in [5.41, 5.74) is 1.23. The van der Waals surface area contributed by atoms with Crippen molar-refractivity contribution in [2.45, 2.75) is 20.4 Å². The summed E-state index contributed by atoms with van der Waals surface area (Å²) in [6.07, 6.45) is 0. The van der Waals surface area contributed by atoms with E-state index in [1.165, 1.54) is 5.56 Å². The number of hydrogen-bond acceptors (Lipinski definition) is 2. The van der Waals surface area contributed by atoms with Crippen molar-refractivity contribution in [2.24, 2.45) is 4.99 Å². The summed E-state index contributed by atoms with van der Waals surface area (Å²) in [6, 6.07) is 10.3. The Hall–Kier alpha value is -0.820. The second kappa shape index (κ2) is 12.0. The third kappa shape index (κ3) is 8.37. The number of nitrogens with zero attached hydrogens (tertiary/aromatic N) is 2. The third-order valence-corrected chi connectivity index (χ3v) is 2.93. The minimum Gasteiger partial charge on any atom is -0.357 e. The fourth-order valence-electron chi connectivity index (χ4n) is 1.62. The molecule has 20 heavy (non-hydrogen) atoms. The molecule has 1 rings (SSSR count). The van der Waals surface area contributed by atoms with Crippen LogP contribution in [0.25, 0.3) is 0 Å². The van der Waals surface area contributed by atoms with Crippen molar-refractivity contribution in [1.82, 2.24) is 15.5 Å². The zero-order chi connectivity index (χ0) is 13.9. The fourth-order valence-corrected chi connectivity index (χ4v) is 1.62. The van der Waals surface area contributed by atoms with E-state index in [1.54, 1.807) is 0 Å². The summed E-state index contributed by atoms with van der Waals surface area (Å²) in [6.45, 7) is 8.83. The lowest BCUT2D eigenvalue weighted by atomic mass is 10.2. The first-order chi connectivity index (χ1) is 9.26. The van der Waals surface area contributed by atoms with Crippen molar-refractivity contribution in [3.05, 3.63) is 35.9 Å². The number of guanidine groups is 1. The van der Waals surface area contributed by atoms with Crippen LogP contribution in [0.3, 0.4) is 0 Å². The molecule has 4 nitrogen and oxygen atoms in total. The maximum atomic E-state index is 4.58. The Morgan fingerprint density at radius 2 is 1.85 bits per heavy atom. The minimum atomic E-state index is 0. The van der Waals surface area contributed by atoms with E-state index < -0.39 is 0 Å². The second-order valence-corrected chi connectivity index (χ2v) is 4.50. The van der Waals surface area contributed by atoms with Gasteiger partial charge in [-0.15, -0.1) is 24.0 Å². The quantitative estimate of drug-likeness (QED) is 0.427. The number of likely N-dealkylation sites (N-methyl/N-ethyl adjacent to an activating group) is 1. The molecule has 1 aromatic rings. The predicted octanol–water partition coefficient (Wildman–Crippen LogP) is 2.31. The third-order valence-electron chi connectivity index (χ3n) is 2.93. The second-order valence-electron chi connectivity index (χ2n) is 4.50. The van der Waals surface area contributed by atoms with Gasteiger partial charge in [-0.25, -0.2) is 4.99 Å². The van der Waals surface area contributed by atoms with Crippen LogP contribution >= 0.6 is 24.0 Å². The Bertz CT molecular complexity index is 367. The maximum Gasteiger partial charge on any atom is 0.191 e. The molecular weight excluding hydrogens is 363 g/mol. The first-order valence-corrected chi connectivity index (χ1v) is 7.01. The Balaban J connectivity index is 0.00000361. The number of aliphatic imine (C=N–C) groups is 1. The van der Waals surface area contributed by atoms with E-state index in [4.69, 9.17) is 0 Å². The van der Waals surface area contributed by atoms with Gasteiger partial charge in [0, 0.05) is 19.6 Å². The maximum absolute atomic E-state index is 4.58. The molecule has 0 saturated carbocycles. The zero-order valence-electron chi connectivity index (χ0n) is 12.7. The van der Waals surface area contributed by atoms with Crippen molar-refractivity contribution in [3.63, 3.8) is 0 Å². The van der Waals surface area contributed by atoms with E-state index in [1.807, 2.05) is 18.2 Å². The van der Waals surface area contributed by atoms with Gasteiger partial charge in [0.25, 0.3) is 0 Å². The highest BCUT2D eigenvalue weighted by molar-refractivity contribution is 14.0. The van der Waals surface area contributed by atoms with Crippen molar-refractivity contribution in [2.75, 3.05) is 33.2 Å². The molecule has 1 aromatic carbocycles. The molecule has 0 aliphatic heterocycles. The lowest BCUT2D eigenvalue weighted by molar-refractivity contribution is 0.357. The molecule has 0 saturated heterocycles. The SMILES string of the molecule is CCNC(=NCc1ccccc1)NCCN(C)CC.I. The first-order valence-electron chi connectivity index (χ1n) is 7.01. The Kier molecular flexibility index (Phi) is 11.5. The van der Waals surface area contributed by atoms with Crippen LogP contribution < -0.4 is 10.6 Å². The zero-order valence-corrected chi connectivity index (χ0v) is 15.1. The van der Waals surface area contributed by atoms with Crippen LogP contribution in [0.5, 0.6) is 0 Å². The average molecular weight is 390 g/mol. The summed E-state index contributed by atoms with van der Waals surface area (Å²) >= 11 is 0. The van der Waals surface area contributed by atoms with Crippen LogP contribution in [0, 0.1) is 0 Å². The van der Waals surface area contributed by atoms with Crippen LogP contribution in [-0.2, 0) is 6.54 Å². The molecular formula is C15H27IN4. The van der Waals surface area contributed by atoms with Crippen molar-refractivity contribution in [3.8, 4) is 0 Å². The summed E-state index contributed by atoms with van der Waals surface area (Å²) < 4.78 is 0. The largest absolute Gasteiger partial charge is 0.357 e. The van der Waals surface area contributed by atoms with Gasteiger partial charge in [0.1, 0.15) is 0 Å². The lowest BCUT2D eigenvalue weighted by Gasteiger charge is -2.16. The number of halogens is 1. The van der Waals surface area contributed by atoms with Crippen molar-refractivity contribution < 1.29 is 0 Å². The number of benzene rings is 1. The number of hydrogen-bond donors (Lipinski definition) is 2. The monoisotopic (exact) mass is 390 g/mol. The fraction of sp³-hybridized carbons (Fsp3) is 0.533. The van der Waals surface area contributed by atoms with Crippen molar-refractivity contribution >= 4 is 29.9 Å². The summed E-state index contributed by atoms with van der Waals surface area (Å²) in [7, 11) is 2.12. The van der Waals surface area contributed by atoms with Gasteiger partial charge in [-0.2, -0.15) is 0 Å². The summed E-state index contributed by atoms with van der Waals surface area (Å²) in [5.74, 6) is 0.885. The molecule has 0 atom stereocenters. The molecule has 0 aliphatic carbocycles. The molecule has 0 spiro atoms. The van der Waals surface area contributed by atoms with Crippen LogP contribution in [-0.4, -0.2) is 44.1 Å². The molecule has 0 aromatic heterocycles. The highest BCUT2D eigenvalue weighted by atomic mass is 127.